The Labute approximate surface area is 115 Å². The number of nitrogens with two attached hydrogens (primary N) is 1. The van der Waals surface area contributed by atoms with Crippen LogP contribution in [0, 0.1) is 12.7 Å². The highest BCUT2D eigenvalue weighted by atomic mass is 19.1. The summed E-state index contributed by atoms with van der Waals surface area (Å²) in [7, 11) is 1.72. The molecule has 19 heavy (non-hydrogen) atoms. The maximum absolute atomic E-state index is 13.1. The zero-order valence-corrected chi connectivity index (χ0v) is 12.3. The number of rotatable bonds is 7. The fourth-order valence-corrected chi connectivity index (χ4v) is 2.68. The second kappa shape index (κ2) is 6.98. The van der Waals surface area contributed by atoms with Crippen molar-refractivity contribution in [3.63, 3.8) is 0 Å². The molecule has 0 aliphatic rings. The van der Waals surface area contributed by atoms with E-state index >= 15 is 0 Å². The first-order valence-corrected chi connectivity index (χ1v) is 6.79. The summed E-state index contributed by atoms with van der Waals surface area (Å²) >= 11 is 0. The summed E-state index contributed by atoms with van der Waals surface area (Å²) in [5, 5.41) is 0. The lowest BCUT2D eigenvalue weighted by molar-refractivity contribution is -0.0473. The van der Waals surface area contributed by atoms with E-state index in [1.165, 1.54) is 6.07 Å². The SMILES string of the molecule is CCC(CC)(OC)C(Cc1ccc(F)cc1C)NN. The second-order valence-corrected chi connectivity index (χ2v) is 4.97. The Balaban J connectivity index is 2.98. The summed E-state index contributed by atoms with van der Waals surface area (Å²) in [6.45, 7) is 6.10. The van der Waals surface area contributed by atoms with Gasteiger partial charge in [0.25, 0.3) is 0 Å². The van der Waals surface area contributed by atoms with E-state index in [0.29, 0.717) is 0 Å². The molecule has 1 aromatic rings. The van der Waals surface area contributed by atoms with Crippen LogP contribution >= 0.6 is 0 Å². The number of hydrazine groups is 1. The molecule has 1 aromatic carbocycles. The van der Waals surface area contributed by atoms with Gasteiger partial charge in [-0.3, -0.25) is 11.3 Å². The molecule has 3 N–H and O–H groups in total. The predicted molar refractivity (Wildman–Crippen MR) is 76.3 cm³/mol. The van der Waals surface area contributed by atoms with Crippen molar-refractivity contribution in [2.75, 3.05) is 7.11 Å². The highest BCUT2D eigenvalue weighted by molar-refractivity contribution is 5.28. The van der Waals surface area contributed by atoms with E-state index in [9.17, 15) is 4.39 Å². The molecule has 4 heteroatoms. The maximum Gasteiger partial charge on any atom is 0.123 e. The van der Waals surface area contributed by atoms with Crippen molar-refractivity contribution < 1.29 is 9.13 Å². The van der Waals surface area contributed by atoms with Gasteiger partial charge in [-0.25, -0.2) is 4.39 Å². The van der Waals surface area contributed by atoms with E-state index in [2.05, 4.69) is 19.3 Å². The molecule has 0 radical (unpaired) electrons. The molecule has 0 bridgehead atoms. The van der Waals surface area contributed by atoms with Crippen LogP contribution in [0.1, 0.15) is 37.8 Å². The van der Waals surface area contributed by atoms with Gasteiger partial charge in [0, 0.05) is 7.11 Å². The monoisotopic (exact) mass is 268 g/mol. The Bertz CT molecular complexity index is 397. The van der Waals surface area contributed by atoms with E-state index in [0.717, 1.165) is 30.4 Å². The third-order valence-corrected chi connectivity index (χ3v) is 4.17. The topological polar surface area (TPSA) is 47.3 Å². The number of benzene rings is 1. The first-order valence-electron chi connectivity index (χ1n) is 6.79. The van der Waals surface area contributed by atoms with Crippen LogP contribution in [0.4, 0.5) is 4.39 Å². The molecular formula is C15H25FN2O. The standard InChI is InChI=1S/C15H25FN2O/c1-5-15(6-2,19-4)14(18-17)10-12-7-8-13(16)9-11(12)3/h7-9,14,18H,5-6,10,17H2,1-4H3. The van der Waals surface area contributed by atoms with Crippen LogP contribution in [0.25, 0.3) is 0 Å². The average Bonchev–Trinajstić information content (AvgIpc) is 2.42. The fourth-order valence-electron chi connectivity index (χ4n) is 2.68. The number of halogens is 1. The highest BCUT2D eigenvalue weighted by Crippen LogP contribution is 2.27. The van der Waals surface area contributed by atoms with Crippen molar-refractivity contribution >= 4 is 0 Å². The molecule has 3 nitrogen and oxygen atoms in total. The largest absolute Gasteiger partial charge is 0.377 e. The van der Waals surface area contributed by atoms with E-state index in [1.54, 1.807) is 13.2 Å². The molecule has 0 aromatic heterocycles. The lowest BCUT2D eigenvalue weighted by Gasteiger charge is -2.38. The Hall–Kier alpha value is -0.970. The number of hydrogen-bond acceptors (Lipinski definition) is 3. The third-order valence-electron chi connectivity index (χ3n) is 4.17. The van der Waals surface area contributed by atoms with E-state index < -0.39 is 0 Å². The molecule has 0 saturated carbocycles. The second-order valence-electron chi connectivity index (χ2n) is 4.97. The van der Waals surface area contributed by atoms with Crippen molar-refractivity contribution in [1.82, 2.24) is 5.43 Å². The number of aryl methyl sites for hydroxylation is 1. The molecule has 0 aliphatic carbocycles. The van der Waals surface area contributed by atoms with Gasteiger partial charge in [-0.15, -0.1) is 0 Å². The van der Waals surface area contributed by atoms with Gasteiger partial charge in [-0.1, -0.05) is 19.9 Å². The molecular weight excluding hydrogens is 243 g/mol. The van der Waals surface area contributed by atoms with Crippen molar-refractivity contribution in [2.45, 2.75) is 51.7 Å². The molecule has 1 rings (SSSR count). The minimum Gasteiger partial charge on any atom is -0.377 e. The van der Waals surface area contributed by atoms with Gasteiger partial charge in [0.05, 0.1) is 11.6 Å². The Morgan fingerprint density at radius 1 is 1.37 bits per heavy atom. The molecule has 1 atom stereocenters. The number of nitrogens with one attached hydrogen (secondary N) is 1. The molecule has 0 aliphatic heterocycles. The zero-order chi connectivity index (χ0) is 14.5. The van der Waals surface area contributed by atoms with Crippen molar-refractivity contribution in [3.05, 3.63) is 35.1 Å². The van der Waals surface area contributed by atoms with Crippen LogP contribution in [0.15, 0.2) is 18.2 Å². The van der Waals surface area contributed by atoms with Crippen LogP contribution in [0.3, 0.4) is 0 Å². The van der Waals surface area contributed by atoms with Crippen LogP contribution in [0.5, 0.6) is 0 Å². The third kappa shape index (κ3) is 3.53. The lowest BCUT2D eigenvalue weighted by atomic mass is 9.84. The van der Waals surface area contributed by atoms with E-state index in [1.807, 2.05) is 13.0 Å². The van der Waals surface area contributed by atoms with E-state index in [4.69, 9.17) is 10.6 Å². The van der Waals surface area contributed by atoms with Gasteiger partial charge < -0.3 is 4.74 Å². The molecule has 0 fully saturated rings. The first kappa shape index (κ1) is 16.1. The van der Waals surface area contributed by atoms with Crippen molar-refractivity contribution in [2.24, 2.45) is 5.84 Å². The lowest BCUT2D eigenvalue weighted by Crippen LogP contribution is -2.55. The summed E-state index contributed by atoms with van der Waals surface area (Å²) in [6, 6.07) is 4.86. The molecule has 108 valence electrons. The highest BCUT2D eigenvalue weighted by Gasteiger charge is 2.35. The Morgan fingerprint density at radius 2 is 2.00 bits per heavy atom. The minimum absolute atomic E-state index is 0.00309. The van der Waals surface area contributed by atoms with Crippen molar-refractivity contribution in [3.8, 4) is 0 Å². The quantitative estimate of drug-likeness (QED) is 0.590. The van der Waals surface area contributed by atoms with Crippen LogP contribution in [-0.2, 0) is 11.2 Å². The predicted octanol–water partition coefficient (Wildman–Crippen LogP) is 2.71. The van der Waals surface area contributed by atoms with Crippen molar-refractivity contribution in [1.29, 1.82) is 0 Å². The van der Waals surface area contributed by atoms with Gasteiger partial charge in [-0.2, -0.15) is 0 Å². The first-order chi connectivity index (χ1) is 9.02. The van der Waals surface area contributed by atoms with Gasteiger partial charge in [0.15, 0.2) is 0 Å². The summed E-state index contributed by atoms with van der Waals surface area (Å²) in [5.74, 6) is 5.50. The Kier molecular flexibility index (Phi) is 5.91. The molecule has 1 unspecified atom stereocenters. The van der Waals surface area contributed by atoms with Gasteiger partial charge in [-0.05, 0) is 49.4 Å². The van der Waals surface area contributed by atoms with Gasteiger partial charge >= 0.3 is 0 Å². The van der Waals surface area contributed by atoms with Crippen LogP contribution in [0.2, 0.25) is 0 Å². The zero-order valence-electron chi connectivity index (χ0n) is 12.3. The summed E-state index contributed by atoms with van der Waals surface area (Å²) in [6.07, 6.45) is 2.46. The summed E-state index contributed by atoms with van der Waals surface area (Å²) < 4.78 is 18.8. The van der Waals surface area contributed by atoms with Crippen LogP contribution in [-0.4, -0.2) is 18.8 Å². The number of hydrogen-bond donors (Lipinski definition) is 2. The van der Waals surface area contributed by atoms with Gasteiger partial charge in [0.1, 0.15) is 5.82 Å². The molecule has 0 spiro atoms. The molecule has 0 saturated heterocycles. The normalized spacial score (nSPS) is 13.6. The average molecular weight is 268 g/mol. The molecule has 0 heterocycles. The summed E-state index contributed by atoms with van der Waals surface area (Å²) in [5.41, 5.74) is 4.60. The minimum atomic E-state index is -0.296. The maximum atomic E-state index is 13.1. The van der Waals surface area contributed by atoms with Gasteiger partial charge in [0.2, 0.25) is 0 Å². The number of methoxy groups -OCH3 is 1. The summed E-state index contributed by atoms with van der Waals surface area (Å²) in [4.78, 5) is 0. The smallest absolute Gasteiger partial charge is 0.123 e. The van der Waals surface area contributed by atoms with Crippen LogP contribution < -0.4 is 11.3 Å². The molecule has 0 amide bonds. The van der Waals surface area contributed by atoms with E-state index in [-0.39, 0.29) is 17.5 Å². The Morgan fingerprint density at radius 3 is 2.42 bits per heavy atom. The fraction of sp³-hybridized carbons (Fsp3) is 0.600. The number of ether oxygens (including phenoxy) is 1.